The molecule has 0 heterocycles. The summed E-state index contributed by atoms with van der Waals surface area (Å²) in [5.41, 5.74) is -3.04. The van der Waals surface area contributed by atoms with Crippen LogP contribution in [-0.4, -0.2) is 28.4 Å². The highest BCUT2D eigenvalue weighted by Gasteiger charge is 2.50. The molecule has 0 radical (unpaired) electrons. The highest BCUT2D eigenvalue weighted by Crippen LogP contribution is 2.46. The second-order valence-corrected chi connectivity index (χ2v) is 12.6. The number of phenolic OH excluding ortho intramolecular Hbond substituents is 1. The Balaban J connectivity index is 2.42. The van der Waals surface area contributed by atoms with Gasteiger partial charge in [-0.25, -0.2) is 0 Å². The zero-order chi connectivity index (χ0) is 28.1. The van der Waals surface area contributed by atoms with Gasteiger partial charge in [-0.05, 0) is 95.9 Å². The van der Waals surface area contributed by atoms with Crippen molar-refractivity contribution in [2.75, 3.05) is 0 Å². The summed E-state index contributed by atoms with van der Waals surface area (Å²) in [5.74, 6) is -0.566. The Bertz CT molecular complexity index is 937. The third kappa shape index (κ3) is 7.58. The molecular formula is C31H48O6. The SMILES string of the molecule is CCC(CC(C)(CC(C)(CC)C(=O)Oc1ccc(O)cc1)C(=O)OC1(CC)CCCC1)C(=O)C(C)(C)C. The maximum atomic E-state index is 14.0. The Morgan fingerprint density at radius 1 is 0.919 bits per heavy atom. The fourth-order valence-corrected chi connectivity index (χ4v) is 5.62. The number of carbonyl (C=O) groups excluding carboxylic acids is 3. The average Bonchev–Trinajstić information content (AvgIpc) is 3.31. The van der Waals surface area contributed by atoms with Crippen LogP contribution in [0.25, 0.3) is 0 Å². The molecule has 37 heavy (non-hydrogen) atoms. The van der Waals surface area contributed by atoms with Crippen molar-refractivity contribution in [3.05, 3.63) is 24.3 Å². The van der Waals surface area contributed by atoms with E-state index in [4.69, 9.17) is 9.47 Å². The average molecular weight is 517 g/mol. The molecule has 3 unspecified atom stereocenters. The largest absolute Gasteiger partial charge is 0.508 e. The van der Waals surface area contributed by atoms with Crippen molar-refractivity contribution in [1.82, 2.24) is 0 Å². The predicted molar refractivity (Wildman–Crippen MR) is 145 cm³/mol. The van der Waals surface area contributed by atoms with Gasteiger partial charge in [0.25, 0.3) is 0 Å². The maximum Gasteiger partial charge on any atom is 0.317 e. The number of ether oxygens (including phenoxy) is 2. The van der Waals surface area contributed by atoms with E-state index in [9.17, 15) is 19.5 Å². The number of carbonyl (C=O) groups is 3. The molecule has 0 spiro atoms. The van der Waals surface area contributed by atoms with E-state index in [0.29, 0.717) is 25.0 Å². The molecular weight excluding hydrogens is 468 g/mol. The number of Topliss-reactive ketones (excluding diaryl/α,β-unsaturated/α-hetero) is 1. The summed E-state index contributed by atoms with van der Waals surface area (Å²) in [7, 11) is 0. The molecule has 1 N–H and O–H groups in total. The lowest BCUT2D eigenvalue weighted by atomic mass is 9.65. The molecule has 0 saturated heterocycles. The second kappa shape index (κ2) is 12.0. The Morgan fingerprint density at radius 2 is 1.49 bits per heavy atom. The van der Waals surface area contributed by atoms with E-state index < -0.39 is 27.8 Å². The minimum absolute atomic E-state index is 0.0826. The van der Waals surface area contributed by atoms with Crippen LogP contribution < -0.4 is 4.74 Å². The summed E-state index contributed by atoms with van der Waals surface area (Å²) in [5, 5.41) is 9.56. The molecule has 1 aromatic rings. The van der Waals surface area contributed by atoms with Crippen LogP contribution in [0.4, 0.5) is 0 Å². The normalized spacial score (nSPS) is 19.4. The first kappa shape index (κ1) is 30.9. The molecule has 1 aromatic carbocycles. The zero-order valence-electron chi connectivity index (χ0n) is 24.2. The first-order chi connectivity index (χ1) is 17.1. The van der Waals surface area contributed by atoms with Crippen LogP contribution in [-0.2, 0) is 19.1 Å². The molecule has 1 fully saturated rings. The van der Waals surface area contributed by atoms with Gasteiger partial charge in [0, 0.05) is 11.3 Å². The zero-order valence-corrected chi connectivity index (χ0v) is 24.2. The van der Waals surface area contributed by atoms with E-state index >= 15 is 0 Å². The van der Waals surface area contributed by atoms with Crippen molar-refractivity contribution >= 4 is 17.7 Å². The van der Waals surface area contributed by atoms with Gasteiger partial charge < -0.3 is 14.6 Å². The molecule has 208 valence electrons. The Morgan fingerprint density at radius 3 is 1.95 bits per heavy atom. The molecule has 1 aliphatic carbocycles. The fourth-order valence-electron chi connectivity index (χ4n) is 5.62. The molecule has 1 aliphatic rings. The molecule has 0 amide bonds. The van der Waals surface area contributed by atoms with Gasteiger partial charge in [0.05, 0.1) is 10.8 Å². The standard InChI is InChI=1S/C31H48O6/c1-9-22(25(33)28(4,5)6)20-30(8,27(35)37-31(11-3)18-12-13-19-31)21-29(7,10-2)26(34)36-24-16-14-23(32)15-17-24/h14-17,22,32H,9-13,18-21H2,1-8H3. The van der Waals surface area contributed by atoms with Crippen molar-refractivity contribution in [2.45, 2.75) is 119 Å². The molecule has 6 heteroatoms. The summed E-state index contributed by atoms with van der Waals surface area (Å²) in [6, 6.07) is 6.00. The van der Waals surface area contributed by atoms with Crippen molar-refractivity contribution in [1.29, 1.82) is 0 Å². The topological polar surface area (TPSA) is 89.9 Å². The van der Waals surface area contributed by atoms with Gasteiger partial charge in [-0.2, -0.15) is 0 Å². The Labute approximate surface area is 223 Å². The van der Waals surface area contributed by atoms with Crippen LogP contribution in [0.2, 0.25) is 0 Å². The van der Waals surface area contributed by atoms with Crippen molar-refractivity contribution in [2.24, 2.45) is 22.2 Å². The number of hydrogen-bond acceptors (Lipinski definition) is 6. The monoisotopic (exact) mass is 516 g/mol. The molecule has 3 atom stereocenters. The summed E-state index contributed by atoms with van der Waals surface area (Å²) in [4.78, 5) is 40.8. The van der Waals surface area contributed by atoms with Crippen molar-refractivity contribution in [3.8, 4) is 11.5 Å². The summed E-state index contributed by atoms with van der Waals surface area (Å²) < 4.78 is 12.0. The number of hydrogen-bond donors (Lipinski definition) is 1. The van der Waals surface area contributed by atoms with Crippen LogP contribution in [0.3, 0.4) is 0 Å². The van der Waals surface area contributed by atoms with Crippen LogP contribution in [0, 0.1) is 22.2 Å². The first-order valence-corrected chi connectivity index (χ1v) is 13.9. The summed E-state index contributed by atoms with van der Waals surface area (Å²) in [6.45, 7) is 15.3. The van der Waals surface area contributed by atoms with Gasteiger partial charge in [-0.1, -0.05) is 41.5 Å². The number of esters is 2. The highest BCUT2D eigenvalue weighted by atomic mass is 16.6. The maximum absolute atomic E-state index is 14.0. The van der Waals surface area contributed by atoms with E-state index in [-0.39, 0.29) is 29.8 Å². The fraction of sp³-hybridized carbons (Fsp3) is 0.710. The van der Waals surface area contributed by atoms with Crippen molar-refractivity contribution in [3.63, 3.8) is 0 Å². The lowest BCUT2D eigenvalue weighted by Gasteiger charge is -2.41. The third-order valence-corrected chi connectivity index (χ3v) is 8.36. The van der Waals surface area contributed by atoms with Crippen LogP contribution >= 0.6 is 0 Å². The molecule has 0 bridgehead atoms. The van der Waals surface area contributed by atoms with Gasteiger partial charge in [0.2, 0.25) is 0 Å². The number of benzene rings is 1. The number of rotatable bonds is 12. The minimum Gasteiger partial charge on any atom is -0.508 e. The van der Waals surface area contributed by atoms with Gasteiger partial charge in [-0.3, -0.25) is 14.4 Å². The van der Waals surface area contributed by atoms with Gasteiger partial charge >= 0.3 is 11.9 Å². The van der Waals surface area contributed by atoms with Gasteiger partial charge in [0.15, 0.2) is 0 Å². The second-order valence-electron chi connectivity index (χ2n) is 12.6. The number of aromatic hydroxyl groups is 1. The predicted octanol–water partition coefficient (Wildman–Crippen LogP) is 7.41. The molecule has 0 aliphatic heterocycles. The Kier molecular flexibility index (Phi) is 10.0. The Hall–Kier alpha value is -2.37. The van der Waals surface area contributed by atoms with E-state index in [1.165, 1.54) is 24.3 Å². The number of phenols is 1. The first-order valence-electron chi connectivity index (χ1n) is 13.9. The van der Waals surface area contributed by atoms with Crippen LogP contribution in [0.15, 0.2) is 24.3 Å². The smallest absolute Gasteiger partial charge is 0.317 e. The van der Waals surface area contributed by atoms with E-state index in [1.807, 2.05) is 48.5 Å². The molecule has 0 aromatic heterocycles. The number of ketones is 1. The molecule has 6 nitrogen and oxygen atoms in total. The lowest BCUT2D eigenvalue weighted by Crippen LogP contribution is -2.46. The minimum atomic E-state index is -1.05. The highest BCUT2D eigenvalue weighted by molar-refractivity contribution is 5.87. The van der Waals surface area contributed by atoms with Gasteiger partial charge in [-0.15, -0.1) is 0 Å². The van der Waals surface area contributed by atoms with Crippen molar-refractivity contribution < 1.29 is 29.0 Å². The van der Waals surface area contributed by atoms with E-state index in [1.54, 1.807) is 0 Å². The summed E-state index contributed by atoms with van der Waals surface area (Å²) >= 11 is 0. The molecule has 2 rings (SSSR count). The third-order valence-electron chi connectivity index (χ3n) is 8.36. The van der Waals surface area contributed by atoms with Crippen LogP contribution in [0.1, 0.15) is 113 Å². The van der Waals surface area contributed by atoms with E-state index in [2.05, 4.69) is 6.92 Å². The van der Waals surface area contributed by atoms with Crippen LogP contribution in [0.5, 0.6) is 11.5 Å². The quantitative estimate of drug-likeness (QED) is 0.230. The van der Waals surface area contributed by atoms with Gasteiger partial charge in [0.1, 0.15) is 22.9 Å². The molecule has 1 saturated carbocycles. The van der Waals surface area contributed by atoms with E-state index in [0.717, 1.165) is 32.1 Å². The summed E-state index contributed by atoms with van der Waals surface area (Å²) in [6.07, 6.45) is 6.09. The lowest BCUT2D eigenvalue weighted by molar-refractivity contribution is -0.176.